The Morgan fingerprint density at radius 2 is 2.27 bits per heavy atom. The van der Waals surface area contributed by atoms with Gasteiger partial charge in [0.2, 0.25) is 0 Å². The van der Waals surface area contributed by atoms with Crippen LogP contribution >= 0.6 is 26.6 Å². The van der Waals surface area contributed by atoms with Crippen LogP contribution in [0, 0.1) is 0 Å². The summed E-state index contributed by atoms with van der Waals surface area (Å²) in [5, 5.41) is 0. The summed E-state index contributed by atoms with van der Waals surface area (Å²) in [4.78, 5) is 0.0918. The Labute approximate surface area is 103 Å². The van der Waals surface area contributed by atoms with Crippen molar-refractivity contribution in [3.63, 3.8) is 0 Å². The van der Waals surface area contributed by atoms with Crippen LogP contribution < -0.4 is 0 Å². The summed E-state index contributed by atoms with van der Waals surface area (Å²) in [5.74, 6) is 0. The van der Waals surface area contributed by atoms with E-state index in [0.29, 0.717) is 6.61 Å². The predicted octanol–water partition coefficient (Wildman–Crippen LogP) is 2.92. The van der Waals surface area contributed by atoms with Crippen molar-refractivity contribution in [2.24, 2.45) is 0 Å². The molecule has 0 aliphatic carbocycles. The summed E-state index contributed by atoms with van der Waals surface area (Å²) in [7, 11) is 1.60. The molecule has 0 saturated carbocycles. The van der Waals surface area contributed by atoms with Crippen LogP contribution in [0.3, 0.4) is 0 Å². The molecule has 0 radical (unpaired) electrons. The Bertz CT molecular complexity index is 386. The molecule has 0 saturated heterocycles. The van der Waals surface area contributed by atoms with Gasteiger partial charge in [0.05, 0.1) is 11.0 Å². The molecular formula is C9H12BrClO3S. The summed E-state index contributed by atoms with van der Waals surface area (Å²) in [6.07, 6.45) is 4.61. The highest BCUT2D eigenvalue weighted by molar-refractivity contribution is 9.11. The van der Waals surface area contributed by atoms with Crippen molar-refractivity contribution < 1.29 is 13.2 Å². The number of halogens is 2. The molecule has 1 aliphatic rings. The van der Waals surface area contributed by atoms with Gasteiger partial charge in [-0.25, -0.2) is 8.42 Å². The molecule has 6 heteroatoms. The monoisotopic (exact) mass is 314 g/mol. The van der Waals surface area contributed by atoms with E-state index in [9.17, 15) is 8.42 Å². The van der Waals surface area contributed by atoms with E-state index in [1.165, 1.54) is 6.08 Å². The van der Waals surface area contributed by atoms with E-state index in [1.54, 1.807) is 6.92 Å². The Balaban J connectivity index is 3.09. The highest BCUT2D eigenvalue weighted by Gasteiger charge is 2.22. The van der Waals surface area contributed by atoms with Crippen LogP contribution in [0.5, 0.6) is 0 Å². The summed E-state index contributed by atoms with van der Waals surface area (Å²) in [6, 6.07) is 0. The lowest BCUT2D eigenvalue weighted by atomic mass is 10.3. The Morgan fingerprint density at radius 3 is 2.87 bits per heavy atom. The van der Waals surface area contributed by atoms with E-state index in [4.69, 9.17) is 15.4 Å². The van der Waals surface area contributed by atoms with E-state index in [0.717, 1.165) is 17.3 Å². The fourth-order valence-corrected chi connectivity index (χ4v) is 3.12. The Morgan fingerprint density at radius 1 is 1.60 bits per heavy atom. The van der Waals surface area contributed by atoms with Crippen molar-refractivity contribution >= 4 is 35.7 Å². The van der Waals surface area contributed by atoms with Crippen molar-refractivity contribution in [1.29, 1.82) is 0 Å². The molecule has 0 N–H and O–H groups in total. The first-order chi connectivity index (χ1) is 6.91. The molecule has 0 aromatic rings. The van der Waals surface area contributed by atoms with Gasteiger partial charge in [-0.05, 0) is 25.8 Å². The number of hydrogen-bond donors (Lipinski definition) is 0. The average molecular weight is 316 g/mol. The van der Waals surface area contributed by atoms with Gasteiger partial charge in [-0.15, -0.1) is 0 Å². The fraction of sp³-hybridized carbons (Fsp3) is 0.556. The molecule has 15 heavy (non-hydrogen) atoms. The second kappa shape index (κ2) is 5.48. The summed E-state index contributed by atoms with van der Waals surface area (Å²) >= 11 is 3.27. The zero-order valence-electron chi connectivity index (χ0n) is 8.24. The van der Waals surface area contributed by atoms with Crippen LogP contribution in [0.25, 0.3) is 0 Å². The maximum atomic E-state index is 11.3. The molecule has 1 unspecified atom stereocenters. The molecule has 0 bridgehead atoms. The third-order valence-electron chi connectivity index (χ3n) is 2.02. The number of rotatable bonds is 1. The van der Waals surface area contributed by atoms with Crippen LogP contribution in [0.1, 0.15) is 19.8 Å². The van der Waals surface area contributed by atoms with Crippen molar-refractivity contribution in [1.82, 2.24) is 0 Å². The first-order valence-electron chi connectivity index (χ1n) is 4.55. The highest BCUT2D eigenvalue weighted by atomic mass is 79.9. The topological polar surface area (TPSA) is 43.4 Å². The van der Waals surface area contributed by atoms with Gasteiger partial charge in [0.15, 0.2) is 0 Å². The lowest BCUT2D eigenvalue weighted by molar-refractivity contribution is 0.0934. The molecule has 1 atom stereocenters. The molecule has 1 heterocycles. The average Bonchev–Trinajstić information content (AvgIpc) is 2.17. The summed E-state index contributed by atoms with van der Waals surface area (Å²) in [5.41, 5.74) is 0. The van der Waals surface area contributed by atoms with Gasteiger partial charge in [0, 0.05) is 21.8 Å². The number of allylic oxidation sites excluding steroid dienone is 3. The fourth-order valence-electron chi connectivity index (χ4n) is 1.25. The third-order valence-corrected chi connectivity index (χ3v) is 4.12. The largest absolute Gasteiger partial charge is 0.373 e. The lowest BCUT2D eigenvalue weighted by Crippen LogP contribution is -2.16. The minimum Gasteiger partial charge on any atom is -0.373 e. The second-order valence-corrected chi connectivity index (χ2v) is 6.71. The molecule has 1 aliphatic heterocycles. The SMILES string of the molecule is CC1OCCC/C=C(Br)\C=C/1S(=O)(=O)Cl. The minimum atomic E-state index is -3.73. The summed E-state index contributed by atoms with van der Waals surface area (Å²) < 4.78 is 28.7. The van der Waals surface area contributed by atoms with Crippen LogP contribution in [-0.4, -0.2) is 21.1 Å². The summed E-state index contributed by atoms with van der Waals surface area (Å²) in [6.45, 7) is 2.21. The van der Waals surface area contributed by atoms with Crippen LogP contribution in [-0.2, 0) is 13.8 Å². The first-order valence-corrected chi connectivity index (χ1v) is 7.65. The van der Waals surface area contributed by atoms with Gasteiger partial charge in [0.25, 0.3) is 9.05 Å². The van der Waals surface area contributed by atoms with Gasteiger partial charge in [-0.2, -0.15) is 0 Å². The maximum Gasteiger partial charge on any atom is 0.260 e. The van der Waals surface area contributed by atoms with Crippen molar-refractivity contribution in [2.45, 2.75) is 25.9 Å². The zero-order chi connectivity index (χ0) is 11.5. The lowest BCUT2D eigenvalue weighted by Gasteiger charge is -2.13. The Hall–Kier alpha value is 0.160. The van der Waals surface area contributed by atoms with Gasteiger partial charge in [-0.1, -0.05) is 22.0 Å². The molecule has 0 spiro atoms. The van der Waals surface area contributed by atoms with E-state index < -0.39 is 15.2 Å². The van der Waals surface area contributed by atoms with Gasteiger partial charge in [0.1, 0.15) is 0 Å². The van der Waals surface area contributed by atoms with E-state index in [1.807, 2.05) is 6.08 Å². The van der Waals surface area contributed by atoms with Crippen LogP contribution in [0.4, 0.5) is 0 Å². The van der Waals surface area contributed by atoms with Crippen LogP contribution in [0.15, 0.2) is 21.5 Å². The maximum absolute atomic E-state index is 11.3. The zero-order valence-corrected chi connectivity index (χ0v) is 11.4. The van der Waals surface area contributed by atoms with Gasteiger partial charge < -0.3 is 4.74 Å². The third kappa shape index (κ3) is 4.26. The Kier molecular flexibility index (Phi) is 4.83. The molecule has 0 aromatic heterocycles. The van der Waals surface area contributed by atoms with E-state index >= 15 is 0 Å². The van der Waals surface area contributed by atoms with Crippen molar-refractivity contribution in [3.8, 4) is 0 Å². The quantitative estimate of drug-likeness (QED) is 0.699. The molecule has 86 valence electrons. The number of hydrogen-bond acceptors (Lipinski definition) is 3. The molecule has 3 nitrogen and oxygen atoms in total. The van der Waals surface area contributed by atoms with E-state index in [-0.39, 0.29) is 4.91 Å². The molecule has 1 rings (SSSR count). The van der Waals surface area contributed by atoms with Crippen molar-refractivity contribution in [3.05, 3.63) is 21.5 Å². The predicted molar refractivity (Wildman–Crippen MR) is 64.5 cm³/mol. The smallest absolute Gasteiger partial charge is 0.260 e. The molecule has 0 fully saturated rings. The molecule has 0 aromatic carbocycles. The van der Waals surface area contributed by atoms with E-state index in [2.05, 4.69) is 15.9 Å². The normalized spacial score (nSPS) is 31.5. The molecular weight excluding hydrogens is 304 g/mol. The molecule has 0 amide bonds. The van der Waals surface area contributed by atoms with Crippen molar-refractivity contribution in [2.75, 3.05) is 6.61 Å². The first kappa shape index (κ1) is 13.2. The number of ether oxygens (including phenoxy) is 1. The second-order valence-electron chi connectivity index (χ2n) is 3.23. The minimum absolute atomic E-state index is 0.0918. The highest BCUT2D eigenvalue weighted by Crippen LogP contribution is 2.24. The van der Waals surface area contributed by atoms with Crippen LogP contribution in [0.2, 0.25) is 0 Å². The van der Waals surface area contributed by atoms with Gasteiger partial charge in [-0.3, -0.25) is 0 Å². The van der Waals surface area contributed by atoms with Gasteiger partial charge >= 0.3 is 0 Å². The standard InChI is InChI=1S/C9H12BrClO3S/c1-7-9(15(11,12)13)6-8(10)4-2-3-5-14-7/h4,6-7H,2-3,5H2,1H3/b8-4+,9-6+.